The summed E-state index contributed by atoms with van der Waals surface area (Å²) in [6.07, 6.45) is 0. The fraction of sp³-hybridized carbons (Fsp3) is 0. The van der Waals surface area contributed by atoms with Crippen molar-refractivity contribution in [2.24, 2.45) is 0 Å². The van der Waals surface area contributed by atoms with Gasteiger partial charge in [0.2, 0.25) is 0 Å². The zero-order valence-electron chi connectivity index (χ0n) is 11.5. The number of carboxylic acid groups (broad SMARTS) is 2. The quantitative estimate of drug-likeness (QED) is 0.585. The van der Waals surface area contributed by atoms with E-state index in [1.807, 2.05) is 0 Å². The largest absolute Gasteiger partial charge is 0.478 e. The lowest BCUT2D eigenvalue weighted by molar-refractivity contribution is 0.0649. The maximum Gasteiger partial charge on any atom is 0.357 e. The summed E-state index contributed by atoms with van der Waals surface area (Å²) in [5.41, 5.74) is -1.66. The molecule has 7 nitrogen and oxygen atoms in total. The van der Waals surface area contributed by atoms with Crippen LogP contribution in [0.3, 0.4) is 0 Å². The lowest BCUT2D eigenvalue weighted by Gasteiger charge is -2.06. The number of hydrogen-bond acceptors (Lipinski definition) is 4. The Kier molecular flexibility index (Phi) is 2.45. The number of hydrogen-bond donors (Lipinski definition) is 2. The van der Waals surface area contributed by atoms with Crippen LogP contribution in [0.1, 0.15) is 20.8 Å². The molecule has 0 unspecified atom stereocenters. The van der Waals surface area contributed by atoms with Crippen LogP contribution in [0.15, 0.2) is 41.2 Å². The van der Waals surface area contributed by atoms with E-state index in [0.29, 0.717) is 16.2 Å². The number of aromatic carboxylic acids is 2. The lowest BCUT2D eigenvalue weighted by atomic mass is 10.00. The van der Waals surface area contributed by atoms with Gasteiger partial charge in [-0.2, -0.15) is 9.61 Å². The number of carboxylic acids is 2. The molecular weight excluding hydrogens is 300 g/mol. The van der Waals surface area contributed by atoms with Crippen LogP contribution in [0.5, 0.6) is 0 Å². The average molecular weight is 308 g/mol. The Morgan fingerprint density at radius 3 is 2.22 bits per heavy atom. The SMILES string of the molecule is O=C(O)c1nn2c(=O)c3cccc4cccc(c43)c2c1C(=O)O. The molecule has 23 heavy (non-hydrogen) atoms. The van der Waals surface area contributed by atoms with Crippen LogP contribution in [-0.2, 0) is 0 Å². The number of benzene rings is 2. The van der Waals surface area contributed by atoms with Crippen molar-refractivity contribution in [2.75, 3.05) is 0 Å². The first-order valence-electron chi connectivity index (χ1n) is 6.67. The van der Waals surface area contributed by atoms with Gasteiger partial charge in [0.05, 0.1) is 10.9 Å². The Bertz CT molecular complexity index is 1190. The van der Waals surface area contributed by atoms with Crippen molar-refractivity contribution < 1.29 is 19.8 Å². The van der Waals surface area contributed by atoms with E-state index in [0.717, 1.165) is 9.90 Å². The maximum atomic E-state index is 12.6. The minimum Gasteiger partial charge on any atom is -0.478 e. The summed E-state index contributed by atoms with van der Waals surface area (Å²) in [5, 5.41) is 24.6. The van der Waals surface area contributed by atoms with E-state index in [-0.39, 0.29) is 5.52 Å². The molecule has 2 N–H and O–H groups in total. The van der Waals surface area contributed by atoms with Gasteiger partial charge < -0.3 is 10.2 Å². The molecule has 0 aliphatic rings. The first-order chi connectivity index (χ1) is 11.0. The topological polar surface area (TPSA) is 109 Å². The van der Waals surface area contributed by atoms with Crippen LogP contribution >= 0.6 is 0 Å². The normalized spacial score (nSPS) is 11.5. The molecule has 0 amide bonds. The molecule has 2 heterocycles. The van der Waals surface area contributed by atoms with Crippen molar-refractivity contribution in [3.8, 4) is 0 Å². The van der Waals surface area contributed by atoms with Gasteiger partial charge in [-0.3, -0.25) is 4.79 Å². The van der Waals surface area contributed by atoms with Crippen LogP contribution in [0.2, 0.25) is 0 Å². The number of aromatic nitrogens is 2. The van der Waals surface area contributed by atoms with Crippen LogP contribution < -0.4 is 5.56 Å². The smallest absolute Gasteiger partial charge is 0.357 e. The molecule has 0 saturated heterocycles. The minimum absolute atomic E-state index is 0.00389. The Morgan fingerprint density at radius 1 is 0.957 bits per heavy atom. The highest BCUT2D eigenvalue weighted by Gasteiger charge is 2.27. The van der Waals surface area contributed by atoms with Gasteiger partial charge in [0.1, 0.15) is 5.56 Å². The van der Waals surface area contributed by atoms with Crippen molar-refractivity contribution >= 4 is 39.0 Å². The van der Waals surface area contributed by atoms with Crippen molar-refractivity contribution in [3.05, 3.63) is 58.0 Å². The molecule has 0 aliphatic carbocycles. The third-order valence-corrected chi connectivity index (χ3v) is 3.88. The highest BCUT2D eigenvalue weighted by molar-refractivity contribution is 6.19. The molecule has 0 saturated carbocycles. The Hall–Kier alpha value is -3.48. The van der Waals surface area contributed by atoms with Crippen LogP contribution in [0.25, 0.3) is 27.1 Å². The van der Waals surface area contributed by atoms with Gasteiger partial charge in [0.25, 0.3) is 5.56 Å². The third-order valence-electron chi connectivity index (χ3n) is 3.88. The van der Waals surface area contributed by atoms with Gasteiger partial charge in [0, 0.05) is 10.8 Å². The van der Waals surface area contributed by atoms with Crippen molar-refractivity contribution in [3.63, 3.8) is 0 Å². The van der Waals surface area contributed by atoms with Gasteiger partial charge in [-0.1, -0.05) is 30.3 Å². The van der Waals surface area contributed by atoms with Gasteiger partial charge in [0.15, 0.2) is 5.69 Å². The fourth-order valence-electron chi connectivity index (χ4n) is 3.00. The molecule has 2 aromatic carbocycles. The van der Waals surface area contributed by atoms with Crippen molar-refractivity contribution in [1.29, 1.82) is 0 Å². The summed E-state index contributed by atoms with van der Waals surface area (Å²) in [7, 11) is 0. The molecular formula is C16H8N2O5. The standard InChI is InChI=1S/C16H8N2O5/c19-14-9-6-2-4-7-3-1-5-8(10(7)9)13-11(15(20)21)12(16(22)23)17-18(13)14/h1-6H,(H,20,21)(H,22,23). The van der Waals surface area contributed by atoms with E-state index in [1.54, 1.807) is 36.4 Å². The number of pyridine rings is 1. The third kappa shape index (κ3) is 1.58. The molecule has 0 aliphatic heterocycles. The first-order valence-corrected chi connectivity index (χ1v) is 6.67. The Balaban J connectivity index is 2.43. The molecule has 7 heteroatoms. The second-order valence-electron chi connectivity index (χ2n) is 5.11. The van der Waals surface area contributed by atoms with Crippen molar-refractivity contribution in [2.45, 2.75) is 0 Å². The fourth-order valence-corrected chi connectivity index (χ4v) is 3.00. The summed E-state index contributed by atoms with van der Waals surface area (Å²) < 4.78 is 0.865. The summed E-state index contributed by atoms with van der Waals surface area (Å²) in [6, 6.07) is 10.3. The molecule has 0 fully saturated rings. The van der Waals surface area contributed by atoms with Crippen LogP contribution in [0.4, 0.5) is 0 Å². The first kappa shape index (κ1) is 13.2. The average Bonchev–Trinajstić information content (AvgIpc) is 2.93. The number of fused-ring (bicyclic) bond motifs is 2. The molecule has 0 atom stereocenters. The van der Waals surface area contributed by atoms with Gasteiger partial charge >= 0.3 is 11.9 Å². The molecule has 0 bridgehead atoms. The summed E-state index contributed by atoms with van der Waals surface area (Å²) in [6.45, 7) is 0. The number of nitrogens with zero attached hydrogens (tertiary/aromatic N) is 2. The zero-order valence-corrected chi connectivity index (χ0v) is 11.5. The van der Waals surface area contributed by atoms with Gasteiger partial charge in [-0.25, -0.2) is 9.59 Å². The molecule has 2 aromatic heterocycles. The second-order valence-corrected chi connectivity index (χ2v) is 5.11. The molecule has 4 rings (SSSR count). The molecule has 0 spiro atoms. The van der Waals surface area contributed by atoms with E-state index in [9.17, 15) is 24.6 Å². The number of rotatable bonds is 2. The molecule has 112 valence electrons. The predicted molar refractivity (Wildman–Crippen MR) is 81.6 cm³/mol. The number of carbonyl (C=O) groups is 2. The highest BCUT2D eigenvalue weighted by Crippen LogP contribution is 2.30. The molecule has 0 radical (unpaired) electrons. The van der Waals surface area contributed by atoms with Gasteiger partial charge in [-0.15, -0.1) is 0 Å². The minimum atomic E-state index is -1.49. The summed E-state index contributed by atoms with van der Waals surface area (Å²) in [5.74, 6) is -2.93. The van der Waals surface area contributed by atoms with Crippen LogP contribution in [-0.4, -0.2) is 31.8 Å². The predicted octanol–water partition coefficient (Wildman–Crippen LogP) is 1.84. The van der Waals surface area contributed by atoms with E-state index in [4.69, 9.17) is 0 Å². The summed E-state index contributed by atoms with van der Waals surface area (Å²) >= 11 is 0. The van der Waals surface area contributed by atoms with E-state index >= 15 is 0 Å². The van der Waals surface area contributed by atoms with Gasteiger partial charge in [-0.05, 0) is 11.5 Å². The van der Waals surface area contributed by atoms with Crippen LogP contribution in [0, 0.1) is 0 Å². The zero-order chi connectivity index (χ0) is 16.3. The Morgan fingerprint density at radius 2 is 1.61 bits per heavy atom. The Labute approximate surface area is 127 Å². The summed E-state index contributed by atoms with van der Waals surface area (Å²) in [4.78, 5) is 35.5. The highest BCUT2D eigenvalue weighted by atomic mass is 16.4. The monoisotopic (exact) mass is 308 g/mol. The lowest BCUT2D eigenvalue weighted by Crippen LogP contribution is -2.15. The van der Waals surface area contributed by atoms with E-state index in [2.05, 4.69) is 5.10 Å². The maximum absolute atomic E-state index is 12.6. The van der Waals surface area contributed by atoms with Crippen molar-refractivity contribution in [1.82, 2.24) is 9.61 Å². The van der Waals surface area contributed by atoms with E-state index < -0.39 is 28.8 Å². The van der Waals surface area contributed by atoms with E-state index in [1.165, 1.54) is 0 Å². The molecule has 4 aromatic rings. The second kappa shape index (κ2) is 4.26.